The van der Waals surface area contributed by atoms with Crippen molar-refractivity contribution in [2.75, 3.05) is 0 Å². The van der Waals surface area contributed by atoms with Crippen molar-refractivity contribution in [3.8, 4) is 29.0 Å². The summed E-state index contributed by atoms with van der Waals surface area (Å²) in [6.07, 6.45) is 0. The van der Waals surface area contributed by atoms with Crippen molar-refractivity contribution in [3.63, 3.8) is 0 Å². The summed E-state index contributed by atoms with van der Waals surface area (Å²) in [5, 5.41) is 28.2. The Balaban J connectivity index is 1.43. The summed E-state index contributed by atoms with van der Waals surface area (Å²) >= 11 is 0. The first-order valence-electron chi connectivity index (χ1n) is 16.0. The number of aromatic nitrogens is 1. The molecular formula is C44H29N3Si. The number of para-hydroxylation sites is 2. The lowest BCUT2D eigenvalue weighted by atomic mass is 9.95. The molecule has 0 fully saturated rings. The highest BCUT2D eigenvalue weighted by atomic mass is 28.3. The van der Waals surface area contributed by atoms with Crippen molar-refractivity contribution in [3.05, 3.63) is 187 Å². The third kappa shape index (κ3) is 4.55. The number of nitrogens with zero attached hydrogens (tertiary/aromatic N) is 3. The fraction of sp³-hybridized carbons (Fsp3) is 0. The van der Waals surface area contributed by atoms with Gasteiger partial charge in [-0.25, -0.2) is 0 Å². The molecule has 1 heterocycles. The fourth-order valence-corrected chi connectivity index (χ4v) is 12.2. The Morgan fingerprint density at radius 2 is 0.917 bits per heavy atom. The molecule has 0 aliphatic rings. The molecule has 8 aromatic rings. The quantitative estimate of drug-likeness (QED) is 0.141. The number of hydrogen-bond donors (Lipinski definition) is 0. The van der Waals surface area contributed by atoms with E-state index in [-0.39, 0.29) is 0 Å². The van der Waals surface area contributed by atoms with Gasteiger partial charge in [-0.3, -0.25) is 0 Å². The Labute approximate surface area is 280 Å². The van der Waals surface area contributed by atoms with E-state index in [4.69, 9.17) is 0 Å². The van der Waals surface area contributed by atoms with Crippen LogP contribution in [0.5, 0.6) is 0 Å². The summed E-state index contributed by atoms with van der Waals surface area (Å²) in [5.74, 6) is 0. The molecule has 1 aromatic heterocycles. The lowest BCUT2D eigenvalue weighted by Crippen LogP contribution is -2.74. The van der Waals surface area contributed by atoms with E-state index >= 15 is 0 Å². The maximum Gasteiger partial charge on any atom is 0.179 e. The molecule has 0 unspecified atom stereocenters. The van der Waals surface area contributed by atoms with E-state index in [1.54, 1.807) is 0 Å². The zero-order valence-corrected chi connectivity index (χ0v) is 27.1. The molecule has 0 saturated heterocycles. The number of hydrogen-bond acceptors (Lipinski definition) is 2. The monoisotopic (exact) mass is 627 g/mol. The van der Waals surface area contributed by atoms with E-state index in [9.17, 15) is 10.5 Å². The van der Waals surface area contributed by atoms with Gasteiger partial charge in [-0.15, -0.1) is 0 Å². The van der Waals surface area contributed by atoms with Crippen LogP contribution in [0.25, 0.3) is 38.6 Å². The Kier molecular flexibility index (Phi) is 7.27. The molecule has 4 heteroatoms. The van der Waals surface area contributed by atoms with Gasteiger partial charge in [0.25, 0.3) is 0 Å². The van der Waals surface area contributed by atoms with E-state index in [2.05, 4.69) is 174 Å². The third-order valence-corrected chi connectivity index (χ3v) is 14.2. The molecule has 48 heavy (non-hydrogen) atoms. The van der Waals surface area contributed by atoms with Crippen LogP contribution in [0.3, 0.4) is 0 Å². The molecule has 0 amide bonds. The zero-order chi connectivity index (χ0) is 32.5. The van der Waals surface area contributed by atoms with Gasteiger partial charge in [0.2, 0.25) is 0 Å². The highest BCUT2D eigenvalue weighted by molar-refractivity contribution is 7.19. The third-order valence-electron chi connectivity index (χ3n) is 9.42. The summed E-state index contributed by atoms with van der Waals surface area (Å²) in [6.45, 7) is 0. The van der Waals surface area contributed by atoms with Crippen LogP contribution >= 0.6 is 0 Å². The van der Waals surface area contributed by atoms with Crippen molar-refractivity contribution < 1.29 is 0 Å². The van der Waals surface area contributed by atoms with Crippen LogP contribution in [0.15, 0.2) is 176 Å². The van der Waals surface area contributed by atoms with Gasteiger partial charge in [0, 0.05) is 22.0 Å². The zero-order valence-electron chi connectivity index (χ0n) is 26.1. The van der Waals surface area contributed by atoms with Gasteiger partial charge >= 0.3 is 0 Å². The van der Waals surface area contributed by atoms with Crippen LogP contribution in [-0.2, 0) is 0 Å². The first-order chi connectivity index (χ1) is 23.7. The lowest BCUT2D eigenvalue weighted by Gasteiger charge is -2.34. The summed E-state index contributed by atoms with van der Waals surface area (Å²) in [4.78, 5) is 0. The van der Waals surface area contributed by atoms with Gasteiger partial charge in [0.05, 0.1) is 22.2 Å². The molecule has 8 rings (SSSR count). The fourth-order valence-electron chi connectivity index (χ4n) is 7.38. The Hall–Kier alpha value is -6.46. The molecule has 0 N–H and O–H groups in total. The van der Waals surface area contributed by atoms with Crippen LogP contribution in [-0.4, -0.2) is 12.6 Å². The first-order valence-corrected chi connectivity index (χ1v) is 18.0. The van der Waals surface area contributed by atoms with Crippen LogP contribution < -0.4 is 20.7 Å². The van der Waals surface area contributed by atoms with Gasteiger partial charge in [-0.1, -0.05) is 152 Å². The highest BCUT2D eigenvalue weighted by Crippen LogP contribution is 2.35. The lowest BCUT2D eigenvalue weighted by molar-refractivity contribution is 1.17. The summed E-state index contributed by atoms with van der Waals surface area (Å²) < 4.78 is 2.21. The van der Waals surface area contributed by atoms with Crippen LogP contribution in [0, 0.1) is 22.7 Å². The van der Waals surface area contributed by atoms with Crippen molar-refractivity contribution >= 4 is 50.6 Å². The average Bonchev–Trinajstić information content (AvgIpc) is 3.50. The molecule has 0 bridgehead atoms. The van der Waals surface area contributed by atoms with Crippen molar-refractivity contribution in [2.45, 2.75) is 0 Å². The van der Waals surface area contributed by atoms with Crippen molar-refractivity contribution in [1.29, 1.82) is 10.5 Å². The predicted molar refractivity (Wildman–Crippen MR) is 199 cm³/mol. The highest BCUT2D eigenvalue weighted by Gasteiger charge is 2.41. The predicted octanol–water partition coefficient (Wildman–Crippen LogP) is 7.57. The van der Waals surface area contributed by atoms with Gasteiger partial charge in [0.1, 0.15) is 12.1 Å². The second kappa shape index (κ2) is 12.0. The smallest absolute Gasteiger partial charge is 0.179 e. The van der Waals surface area contributed by atoms with Gasteiger partial charge < -0.3 is 4.57 Å². The molecular weight excluding hydrogens is 599 g/mol. The van der Waals surface area contributed by atoms with Gasteiger partial charge in [0.15, 0.2) is 8.07 Å². The topological polar surface area (TPSA) is 52.5 Å². The minimum absolute atomic E-state index is 0.356. The SMILES string of the molecule is N#Cc1cc(-n2c3ccccc3c3ccccc32)cc(-c2cccc([Si](c3ccccc3)(c3ccccc3)c3ccccc3)c2)c1C#N. The number of rotatable bonds is 6. The van der Waals surface area contributed by atoms with Crippen LogP contribution in [0.4, 0.5) is 0 Å². The van der Waals surface area contributed by atoms with E-state index in [1.165, 1.54) is 20.7 Å². The van der Waals surface area contributed by atoms with E-state index < -0.39 is 8.07 Å². The largest absolute Gasteiger partial charge is 0.309 e. The molecule has 0 saturated carbocycles. The number of fused-ring (bicyclic) bond motifs is 3. The summed E-state index contributed by atoms with van der Waals surface area (Å²) in [7, 11) is -2.81. The van der Waals surface area contributed by atoms with E-state index in [0.29, 0.717) is 11.1 Å². The Bertz CT molecular complexity index is 2370. The molecule has 0 spiro atoms. The number of benzene rings is 7. The van der Waals surface area contributed by atoms with Crippen LogP contribution in [0.2, 0.25) is 0 Å². The Morgan fingerprint density at radius 1 is 0.438 bits per heavy atom. The van der Waals surface area contributed by atoms with E-state index in [0.717, 1.165) is 38.6 Å². The van der Waals surface area contributed by atoms with Crippen molar-refractivity contribution in [2.24, 2.45) is 0 Å². The average molecular weight is 628 g/mol. The molecule has 0 atom stereocenters. The summed E-state index contributed by atoms with van der Waals surface area (Å²) in [6, 6.07) is 66.4. The summed E-state index contributed by atoms with van der Waals surface area (Å²) in [5.41, 5.74) is 5.34. The first kappa shape index (κ1) is 29.0. The second-order valence-electron chi connectivity index (χ2n) is 11.9. The maximum absolute atomic E-state index is 10.5. The minimum Gasteiger partial charge on any atom is -0.309 e. The maximum atomic E-state index is 10.5. The number of nitriles is 2. The normalized spacial score (nSPS) is 11.3. The van der Waals surface area contributed by atoms with Crippen LogP contribution in [0.1, 0.15) is 11.1 Å². The molecule has 7 aromatic carbocycles. The van der Waals surface area contributed by atoms with Crippen molar-refractivity contribution in [1.82, 2.24) is 4.57 Å². The Morgan fingerprint density at radius 3 is 1.42 bits per heavy atom. The minimum atomic E-state index is -2.81. The van der Waals surface area contributed by atoms with Gasteiger partial charge in [-0.05, 0) is 50.6 Å². The van der Waals surface area contributed by atoms with E-state index in [1.807, 2.05) is 18.2 Å². The standard InChI is InChI=1S/C44H29N3Si/c45-30-33-27-34(47-43-25-12-10-23-39(43)40-24-11-13-26-44(40)47)29-41(42(33)31-46)32-15-14-22-38(28-32)48(35-16-4-1-5-17-35,36-18-6-2-7-19-36)37-20-8-3-9-21-37/h1-29H. The van der Waals surface area contributed by atoms with Gasteiger partial charge in [-0.2, -0.15) is 10.5 Å². The molecule has 0 radical (unpaired) electrons. The molecule has 3 nitrogen and oxygen atoms in total. The second-order valence-corrected chi connectivity index (χ2v) is 15.7. The molecule has 0 aliphatic carbocycles. The molecule has 0 aliphatic heterocycles. The molecule has 224 valence electrons.